The highest BCUT2D eigenvalue weighted by molar-refractivity contribution is 7.89. The zero-order chi connectivity index (χ0) is 16.6. The summed E-state index contributed by atoms with van der Waals surface area (Å²) in [6, 6.07) is 7.13. The minimum absolute atomic E-state index is 0.0979. The van der Waals surface area contributed by atoms with Crippen LogP contribution in [-0.2, 0) is 22.6 Å². The zero-order valence-electron chi connectivity index (χ0n) is 12.7. The van der Waals surface area contributed by atoms with Gasteiger partial charge in [-0.05, 0) is 24.3 Å². The fourth-order valence-corrected chi connectivity index (χ4v) is 2.98. The summed E-state index contributed by atoms with van der Waals surface area (Å²) in [5.41, 5.74) is 7.91. The van der Waals surface area contributed by atoms with Crippen LogP contribution in [0.1, 0.15) is 5.82 Å². The number of rotatable bonds is 4. The standard InChI is InChI=1S/C14H16N6O2S/c1-20-11-4-3-9(17-14-16-6-5-12(15)19-14)7-10(11)18-13(20)8-23(2,21)22/h3-7H,8H2,1-2H3,(H3,15,16,17,19). The second-order valence-electron chi connectivity index (χ2n) is 5.29. The van der Waals surface area contributed by atoms with Crippen LogP contribution >= 0.6 is 0 Å². The third-order valence-electron chi connectivity index (χ3n) is 3.30. The summed E-state index contributed by atoms with van der Waals surface area (Å²) >= 11 is 0. The van der Waals surface area contributed by atoms with E-state index >= 15 is 0 Å². The van der Waals surface area contributed by atoms with Gasteiger partial charge in [-0.15, -0.1) is 0 Å². The number of fused-ring (bicyclic) bond motifs is 1. The van der Waals surface area contributed by atoms with Crippen molar-refractivity contribution in [3.8, 4) is 0 Å². The Morgan fingerprint density at radius 3 is 2.74 bits per heavy atom. The summed E-state index contributed by atoms with van der Waals surface area (Å²) in [7, 11) is -1.35. The van der Waals surface area contributed by atoms with Crippen LogP contribution in [0, 0.1) is 0 Å². The van der Waals surface area contributed by atoms with Gasteiger partial charge in [0.2, 0.25) is 5.95 Å². The number of sulfone groups is 1. The summed E-state index contributed by atoms with van der Waals surface area (Å²) in [5.74, 6) is 1.16. The summed E-state index contributed by atoms with van der Waals surface area (Å²) in [5, 5.41) is 3.04. The number of anilines is 3. The molecule has 120 valence electrons. The number of benzene rings is 1. The average Bonchev–Trinajstić information content (AvgIpc) is 2.73. The minimum Gasteiger partial charge on any atom is -0.384 e. The van der Waals surface area contributed by atoms with Gasteiger partial charge in [-0.2, -0.15) is 4.98 Å². The molecule has 0 aliphatic rings. The van der Waals surface area contributed by atoms with Gasteiger partial charge < -0.3 is 15.6 Å². The predicted octanol–water partition coefficient (Wildman–Crippen LogP) is 1.23. The smallest absolute Gasteiger partial charge is 0.229 e. The van der Waals surface area contributed by atoms with Gasteiger partial charge in [0.05, 0.1) is 11.0 Å². The van der Waals surface area contributed by atoms with Crippen LogP contribution < -0.4 is 11.1 Å². The SMILES string of the molecule is Cn1c(CS(C)(=O)=O)nc2cc(Nc3nccc(N)n3)ccc21. The largest absolute Gasteiger partial charge is 0.384 e. The van der Waals surface area contributed by atoms with E-state index < -0.39 is 9.84 Å². The normalized spacial score (nSPS) is 11.7. The Hall–Kier alpha value is -2.68. The van der Waals surface area contributed by atoms with Crippen molar-refractivity contribution in [2.75, 3.05) is 17.3 Å². The molecule has 0 unspecified atom stereocenters. The molecule has 3 aromatic rings. The first-order chi connectivity index (χ1) is 10.8. The first-order valence-electron chi connectivity index (χ1n) is 6.80. The maximum absolute atomic E-state index is 11.5. The molecule has 0 saturated carbocycles. The highest BCUT2D eigenvalue weighted by Crippen LogP contribution is 2.22. The lowest BCUT2D eigenvalue weighted by Crippen LogP contribution is -2.06. The van der Waals surface area contributed by atoms with Gasteiger partial charge in [0.1, 0.15) is 17.4 Å². The topological polar surface area (TPSA) is 116 Å². The molecule has 9 heteroatoms. The highest BCUT2D eigenvalue weighted by atomic mass is 32.2. The molecule has 0 spiro atoms. The molecule has 0 radical (unpaired) electrons. The molecule has 3 N–H and O–H groups in total. The Morgan fingerprint density at radius 1 is 1.26 bits per heavy atom. The van der Waals surface area contributed by atoms with Gasteiger partial charge in [0, 0.05) is 25.2 Å². The third-order valence-corrected chi connectivity index (χ3v) is 4.08. The van der Waals surface area contributed by atoms with Gasteiger partial charge in [-0.1, -0.05) is 0 Å². The molecule has 1 aromatic carbocycles. The number of nitrogens with one attached hydrogen (secondary N) is 1. The number of hydrogen-bond acceptors (Lipinski definition) is 7. The Bertz CT molecular complexity index is 980. The first kappa shape index (κ1) is 15.2. The van der Waals surface area contributed by atoms with Gasteiger partial charge >= 0.3 is 0 Å². The molecule has 0 saturated heterocycles. The molecule has 3 rings (SSSR count). The molecule has 0 fully saturated rings. The van der Waals surface area contributed by atoms with Crippen molar-refractivity contribution < 1.29 is 8.42 Å². The Balaban J connectivity index is 1.96. The second kappa shape index (κ2) is 5.51. The van der Waals surface area contributed by atoms with E-state index in [-0.39, 0.29) is 5.75 Å². The van der Waals surface area contributed by atoms with E-state index in [9.17, 15) is 8.42 Å². The fraction of sp³-hybridized carbons (Fsp3) is 0.214. The molecule has 8 nitrogen and oxygen atoms in total. The Labute approximate surface area is 133 Å². The van der Waals surface area contributed by atoms with E-state index in [1.165, 1.54) is 6.26 Å². The molecule has 0 aliphatic heterocycles. The van der Waals surface area contributed by atoms with Crippen molar-refractivity contribution >= 4 is 38.3 Å². The van der Waals surface area contributed by atoms with Crippen LogP contribution in [-0.4, -0.2) is 34.2 Å². The van der Waals surface area contributed by atoms with E-state index in [2.05, 4.69) is 20.3 Å². The lowest BCUT2D eigenvalue weighted by molar-refractivity contribution is 0.598. The molecule has 0 bridgehead atoms. The average molecular weight is 332 g/mol. The van der Waals surface area contributed by atoms with E-state index in [1.807, 2.05) is 18.2 Å². The lowest BCUT2D eigenvalue weighted by atomic mass is 10.3. The molecule has 0 aliphatic carbocycles. The Morgan fingerprint density at radius 2 is 2.04 bits per heavy atom. The van der Waals surface area contributed by atoms with Crippen molar-refractivity contribution in [1.29, 1.82) is 0 Å². The van der Waals surface area contributed by atoms with Crippen LogP contribution in [0.4, 0.5) is 17.5 Å². The Kier molecular flexibility index (Phi) is 3.64. The molecule has 0 atom stereocenters. The summed E-state index contributed by atoms with van der Waals surface area (Å²) in [6.07, 6.45) is 2.75. The quantitative estimate of drug-likeness (QED) is 0.738. The number of imidazole rings is 1. The minimum atomic E-state index is -3.14. The van der Waals surface area contributed by atoms with Crippen LogP contribution in [0.25, 0.3) is 11.0 Å². The van der Waals surface area contributed by atoms with Crippen LogP contribution in [0.15, 0.2) is 30.5 Å². The highest BCUT2D eigenvalue weighted by Gasteiger charge is 2.13. The number of aryl methyl sites for hydroxylation is 1. The molecular formula is C14H16N6O2S. The summed E-state index contributed by atoms with van der Waals surface area (Å²) < 4.78 is 24.7. The molecule has 0 amide bonds. The molecule has 2 aromatic heterocycles. The monoisotopic (exact) mass is 332 g/mol. The van der Waals surface area contributed by atoms with Crippen molar-refractivity contribution in [2.45, 2.75) is 5.75 Å². The number of nitrogen functional groups attached to an aromatic ring is 1. The zero-order valence-corrected chi connectivity index (χ0v) is 13.5. The van der Waals surface area contributed by atoms with Crippen LogP contribution in [0.3, 0.4) is 0 Å². The van der Waals surface area contributed by atoms with Crippen LogP contribution in [0.5, 0.6) is 0 Å². The molecule has 23 heavy (non-hydrogen) atoms. The van der Waals surface area contributed by atoms with Gasteiger partial charge in [0.25, 0.3) is 0 Å². The third kappa shape index (κ3) is 3.39. The first-order valence-corrected chi connectivity index (χ1v) is 8.86. The van der Waals surface area contributed by atoms with E-state index in [0.29, 0.717) is 23.1 Å². The summed E-state index contributed by atoms with van der Waals surface area (Å²) in [6.45, 7) is 0. The summed E-state index contributed by atoms with van der Waals surface area (Å²) in [4.78, 5) is 12.5. The maximum Gasteiger partial charge on any atom is 0.229 e. The second-order valence-corrected chi connectivity index (χ2v) is 7.43. The molecule has 2 heterocycles. The number of nitrogens with two attached hydrogens (primary N) is 1. The van der Waals surface area contributed by atoms with Gasteiger partial charge in [-0.3, -0.25) is 0 Å². The van der Waals surface area contributed by atoms with Gasteiger partial charge in [-0.25, -0.2) is 18.4 Å². The van der Waals surface area contributed by atoms with E-state index in [1.54, 1.807) is 23.9 Å². The fourth-order valence-electron chi connectivity index (χ4n) is 2.25. The van der Waals surface area contributed by atoms with Crippen molar-refractivity contribution in [1.82, 2.24) is 19.5 Å². The van der Waals surface area contributed by atoms with E-state index in [4.69, 9.17) is 5.73 Å². The molecular weight excluding hydrogens is 316 g/mol. The van der Waals surface area contributed by atoms with Crippen molar-refractivity contribution in [3.63, 3.8) is 0 Å². The number of nitrogens with zero attached hydrogens (tertiary/aromatic N) is 4. The van der Waals surface area contributed by atoms with E-state index in [0.717, 1.165) is 11.2 Å². The van der Waals surface area contributed by atoms with Gasteiger partial charge in [0.15, 0.2) is 9.84 Å². The predicted molar refractivity (Wildman–Crippen MR) is 89.0 cm³/mol. The number of hydrogen-bond donors (Lipinski definition) is 2. The van der Waals surface area contributed by atoms with Crippen LogP contribution in [0.2, 0.25) is 0 Å². The van der Waals surface area contributed by atoms with Crippen molar-refractivity contribution in [2.24, 2.45) is 7.05 Å². The lowest BCUT2D eigenvalue weighted by Gasteiger charge is -2.05. The number of aromatic nitrogens is 4. The van der Waals surface area contributed by atoms with Crippen molar-refractivity contribution in [3.05, 3.63) is 36.3 Å². The maximum atomic E-state index is 11.5.